The Kier molecular flexibility index (Phi) is 8.18. The molecule has 184 valence electrons. The summed E-state index contributed by atoms with van der Waals surface area (Å²) in [6.07, 6.45) is 1.87. The number of hydrogen-bond acceptors (Lipinski definition) is 4. The number of unbranched alkanes of at least 4 members (excludes halogenated alkanes) is 1. The van der Waals surface area contributed by atoms with Crippen LogP contribution in [-0.2, 0) is 11.2 Å². The van der Waals surface area contributed by atoms with E-state index in [4.69, 9.17) is 38.3 Å². The lowest BCUT2D eigenvalue weighted by molar-refractivity contribution is -0.137. The van der Waals surface area contributed by atoms with Crippen LogP contribution in [0.1, 0.15) is 53.8 Å². The molecule has 4 aromatic rings. The van der Waals surface area contributed by atoms with E-state index < -0.39 is 5.97 Å². The summed E-state index contributed by atoms with van der Waals surface area (Å²) in [6.45, 7) is 1.91. The fourth-order valence-electron chi connectivity index (χ4n) is 3.93. The molecule has 2 N–H and O–H groups in total. The number of carboxylic acids is 1. The molecule has 0 aliphatic heterocycles. The molecule has 1 amide bonds. The lowest BCUT2D eigenvalue weighted by Crippen LogP contribution is -2.26. The number of carboxylic acid groups (broad SMARTS) is 1. The Morgan fingerprint density at radius 3 is 2.22 bits per heavy atom. The van der Waals surface area contributed by atoms with Crippen molar-refractivity contribution in [2.24, 2.45) is 0 Å². The van der Waals surface area contributed by atoms with E-state index in [0.29, 0.717) is 45.9 Å². The summed E-state index contributed by atoms with van der Waals surface area (Å²) in [6, 6.07) is 19.8. The Bertz CT molecular complexity index is 1390. The number of aryl methyl sites for hydroxylation is 1. The van der Waals surface area contributed by atoms with Crippen molar-refractivity contribution in [2.75, 3.05) is 0 Å². The second-order valence-electron chi connectivity index (χ2n) is 8.58. The van der Waals surface area contributed by atoms with Crippen LogP contribution in [0.2, 0.25) is 10.0 Å². The molecule has 0 radical (unpaired) electrons. The monoisotopic (exact) mass is 521 g/mol. The molecule has 4 rings (SSSR count). The molecule has 8 heteroatoms. The Balaban J connectivity index is 1.62. The fraction of sp³-hybridized carbons (Fsp3) is 0.214. The number of aromatic nitrogens is 2. The molecule has 0 unspecified atom stereocenters. The van der Waals surface area contributed by atoms with Crippen molar-refractivity contribution in [3.8, 4) is 11.3 Å². The number of amides is 1. The van der Waals surface area contributed by atoms with Crippen LogP contribution in [0, 0.1) is 0 Å². The summed E-state index contributed by atoms with van der Waals surface area (Å²) in [4.78, 5) is 33.6. The fourth-order valence-corrected chi connectivity index (χ4v) is 4.18. The predicted octanol–water partition coefficient (Wildman–Crippen LogP) is 6.89. The number of carbonyl (C=O) groups excluding carboxylic acids is 1. The first-order chi connectivity index (χ1) is 17.3. The first-order valence-corrected chi connectivity index (χ1v) is 12.4. The van der Waals surface area contributed by atoms with Crippen molar-refractivity contribution in [1.82, 2.24) is 15.3 Å². The summed E-state index contributed by atoms with van der Waals surface area (Å²) < 4.78 is 0. The number of carbonyl (C=O) groups is 2. The number of hydrogen-bond donors (Lipinski definition) is 2. The van der Waals surface area contributed by atoms with E-state index in [0.717, 1.165) is 22.5 Å². The molecule has 0 saturated carbocycles. The first kappa shape index (κ1) is 25.6. The predicted molar refractivity (Wildman–Crippen MR) is 143 cm³/mol. The molecular weight excluding hydrogens is 497 g/mol. The van der Waals surface area contributed by atoms with Gasteiger partial charge in [-0.15, -0.1) is 0 Å². The summed E-state index contributed by atoms with van der Waals surface area (Å²) in [7, 11) is 0. The average Bonchev–Trinajstić information content (AvgIpc) is 2.86. The highest BCUT2D eigenvalue weighted by atomic mass is 35.5. The maximum Gasteiger partial charge on any atom is 0.303 e. The number of rotatable bonds is 9. The van der Waals surface area contributed by atoms with Gasteiger partial charge in [0.25, 0.3) is 5.91 Å². The minimum atomic E-state index is -0.819. The highest BCUT2D eigenvalue weighted by Gasteiger charge is 2.15. The largest absolute Gasteiger partial charge is 0.481 e. The molecule has 1 atom stereocenters. The lowest BCUT2D eigenvalue weighted by Gasteiger charge is -2.15. The number of fused-ring (bicyclic) bond motifs is 1. The first-order valence-electron chi connectivity index (χ1n) is 11.6. The smallest absolute Gasteiger partial charge is 0.303 e. The van der Waals surface area contributed by atoms with Gasteiger partial charge in [-0.3, -0.25) is 9.59 Å². The van der Waals surface area contributed by atoms with Crippen molar-refractivity contribution < 1.29 is 14.7 Å². The number of nitrogens with zero attached hydrogens (tertiary/aromatic N) is 2. The van der Waals surface area contributed by atoms with Gasteiger partial charge in [-0.05, 0) is 74.2 Å². The topological polar surface area (TPSA) is 92.2 Å². The van der Waals surface area contributed by atoms with Gasteiger partial charge < -0.3 is 10.4 Å². The van der Waals surface area contributed by atoms with Crippen LogP contribution in [0.15, 0.2) is 66.7 Å². The van der Waals surface area contributed by atoms with E-state index in [-0.39, 0.29) is 18.4 Å². The number of nitrogens with one attached hydrogen (secondary N) is 1. The molecule has 0 saturated heterocycles. The van der Waals surface area contributed by atoms with E-state index >= 15 is 0 Å². The average molecular weight is 522 g/mol. The van der Waals surface area contributed by atoms with Gasteiger partial charge in [0.15, 0.2) is 0 Å². The van der Waals surface area contributed by atoms with Crippen LogP contribution >= 0.6 is 23.2 Å². The van der Waals surface area contributed by atoms with Crippen LogP contribution in [-0.4, -0.2) is 27.0 Å². The lowest BCUT2D eigenvalue weighted by atomic mass is 10.0. The van der Waals surface area contributed by atoms with Crippen LogP contribution in [0.25, 0.3) is 22.3 Å². The zero-order valence-electron chi connectivity index (χ0n) is 19.7. The molecule has 0 aliphatic rings. The molecule has 0 bridgehead atoms. The zero-order chi connectivity index (χ0) is 25.7. The minimum Gasteiger partial charge on any atom is -0.481 e. The van der Waals surface area contributed by atoms with Crippen molar-refractivity contribution in [3.63, 3.8) is 0 Å². The van der Waals surface area contributed by atoms with Gasteiger partial charge in [0.1, 0.15) is 0 Å². The molecule has 1 heterocycles. The molecule has 6 nitrogen and oxygen atoms in total. The van der Waals surface area contributed by atoms with E-state index in [9.17, 15) is 9.59 Å². The SMILES string of the molecule is C[C@@H](NC(=O)c1ccc2nc(-c3ccc(Cl)cc3)c(CCCCC(=O)O)nc2c1)c1ccc(Cl)cc1. The van der Waals surface area contributed by atoms with Gasteiger partial charge in [-0.1, -0.05) is 47.5 Å². The zero-order valence-corrected chi connectivity index (χ0v) is 21.2. The van der Waals surface area contributed by atoms with Gasteiger partial charge in [-0.2, -0.15) is 0 Å². The molecule has 1 aromatic heterocycles. The standard InChI is InChI=1S/C28H25Cl2N3O3/c1-17(18-6-11-21(29)12-7-18)31-28(36)20-10-15-23-25(16-20)32-24(4-2-3-5-26(34)35)27(33-23)19-8-13-22(30)14-9-19/h6-17H,2-5H2,1H3,(H,31,36)(H,34,35)/t17-/m1/s1. The van der Waals surface area contributed by atoms with Crippen molar-refractivity contribution >= 4 is 46.1 Å². The maximum atomic E-state index is 13.0. The van der Waals surface area contributed by atoms with Gasteiger partial charge in [0, 0.05) is 27.6 Å². The van der Waals surface area contributed by atoms with E-state index in [1.54, 1.807) is 42.5 Å². The molecular formula is C28H25Cl2N3O3. The van der Waals surface area contributed by atoms with Crippen molar-refractivity contribution in [1.29, 1.82) is 0 Å². The van der Waals surface area contributed by atoms with Gasteiger partial charge in [0.05, 0.1) is 28.5 Å². The second-order valence-corrected chi connectivity index (χ2v) is 9.45. The summed E-state index contributed by atoms with van der Waals surface area (Å²) in [5, 5.41) is 13.2. The third-order valence-corrected chi connectivity index (χ3v) is 6.39. The van der Waals surface area contributed by atoms with E-state index in [1.165, 1.54) is 0 Å². The van der Waals surface area contributed by atoms with Crippen molar-refractivity contribution in [2.45, 2.75) is 38.6 Å². The molecule has 3 aromatic carbocycles. The van der Waals surface area contributed by atoms with E-state index in [2.05, 4.69) is 5.32 Å². The number of aliphatic carboxylic acids is 1. The van der Waals surface area contributed by atoms with Crippen LogP contribution in [0.4, 0.5) is 0 Å². The molecule has 36 heavy (non-hydrogen) atoms. The summed E-state index contributed by atoms with van der Waals surface area (Å²) >= 11 is 12.0. The normalized spacial score (nSPS) is 11.9. The highest BCUT2D eigenvalue weighted by molar-refractivity contribution is 6.30. The Labute approximate surface area is 219 Å². The van der Waals surface area contributed by atoms with Crippen LogP contribution in [0.3, 0.4) is 0 Å². The quantitative estimate of drug-likeness (QED) is 0.234. The summed E-state index contributed by atoms with van der Waals surface area (Å²) in [5.74, 6) is -1.04. The van der Waals surface area contributed by atoms with Gasteiger partial charge in [-0.25, -0.2) is 9.97 Å². The maximum absolute atomic E-state index is 13.0. The van der Waals surface area contributed by atoms with E-state index in [1.807, 2.05) is 31.2 Å². The Morgan fingerprint density at radius 2 is 1.56 bits per heavy atom. The number of benzene rings is 3. The summed E-state index contributed by atoms with van der Waals surface area (Å²) in [5.41, 5.74) is 5.05. The van der Waals surface area contributed by atoms with Gasteiger partial charge in [0.2, 0.25) is 0 Å². The second kappa shape index (κ2) is 11.5. The Hall–Kier alpha value is -3.48. The number of halogens is 2. The Morgan fingerprint density at radius 1 is 0.889 bits per heavy atom. The molecule has 0 fully saturated rings. The minimum absolute atomic E-state index is 0.105. The van der Waals surface area contributed by atoms with Crippen LogP contribution in [0.5, 0.6) is 0 Å². The van der Waals surface area contributed by atoms with Gasteiger partial charge >= 0.3 is 5.97 Å². The third kappa shape index (κ3) is 6.39. The highest BCUT2D eigenvalue weighted by Crippen LogP contribution is 2.27. The third-order valence-electron chi connectivity index (χ3n) is 5.89. The van der Waals surface area contributed by atoms with Crippen LogP contribution < -0.4 is 5.32 Å². The van der Waals surface area contributed by atoms with Crippen molar-refractivity contribution in [3.05, 3.63) is 93.6 Å². The molecule has 0 aliphatic carbocycles. The molecule has 0 spiro atoms.